The Bertz CT molecular complexity index is 899. The third-order valence-corrected chi connectivity index (χ3v) is 7.03. The van der Waals surface area contributed by atoms with E-state index < -0.39 is 10.0 Å². The standard InChI is InChI=1S/C16H18BrN3O3S/c1-11-15(24(22,23)19-9-5-6-10-19)12(2)20(18-11)16(21)13-7-3-4-8-14(13)17/h3-4,7-8H,5-6,9-10H2,1-2H3. The first-order valence-electron chi connectivity index (χ1n) is 7.69. The molecule has 2 heterocycles. The van der Waals surface area contributed by atoms with E-state index >= 15 is 0 Å². The van der Waals surface area contributed by atoms with E-state index in [0.717, 1.165) is 12.8 Å². The molecule has 8 heteroatoms. The molecule has 128 valence electrons. The van der Waals surface area contributed by atoms with Crippen LogP contribution in [0.15, 0.2) is 33.6 Å². The maximum atomic E-state index is 12.9. The van der Waals surface area contributed by atoms with Crippen molar-refractivity contribution >= 4 is 31.9 Å². The predicted molar refractivity (Wildman–Crippen MR) is 93.6 cm³/mol. The van der Waals surface area contributed by atoms with E-state index in [1.165, 1.54) is 8.99 Å². The van der Waals surface area contributed by atoms with E-state index in [4.69, 9.17) is 0 Å². The number of benzene rings is 1. The Morgan fingerprint density at radius 1 is 1.17 bits per heavy atom. The van der Waals surface area contributed by atoms with E-state index in [2.05, 4.69) is 21.0 Å². The second kappa shape index (κ2) is 6.42. The third-order valence-electron chi connectivity index (χ3n) is 4.18. The summed E-state index contributed by atoms with van der Waals surface area (Å²) in [5.41, 5.74) is 1.13. The molecule has 0 saturated carbocycles. The Kier molecular flexibility index (Phi) is 4.63. The SMILES string of the molecule is Cc1nn(C(=O)c2ccccc2Br)c(C)c1S(=O)(=O)N1CCCC1. The molecule has 0 spiro atoms. The van der Waals surface area contributed by atoms with Gasteiger partial charge < -0.3 is 0 Å². The second-order valence-electron chi connectivity index (χ2n) is 5.81. The summed E-state index contributed by atoms with van der Waals surface area (Å²) in [6.45, 7) is 4.28. The molecule has 3 rings (SSSR count). The highest BCUT2D eigenvalue weighted by Gasteiger charge is 2.33. The lowest BCUT2D eigenvalue weighted by Crippen LogP contribution is -2.29. The van der Waals surface area contributed by atoms with Crippen LogP contribution in [0, 0.1) is 13.8 Å². The van der Waals surface area contributed by atoms with Crippen molar-refractivity contribution in [2.45, 2.75) is 31.6 Å². The number of hydrogen-bond donors (Lipinski definition) is 0. The summed E-state index contributed by atoms with van der Waals surface area (Å²) in [6.07, 6.45) is 1.72. The predicted octanol–water partition coefficient (Wildman–Crippen LogP) is 2.74. The Morgan fingerprint density at radius 3 is 2.42 bits per heavy atom. The van der Waals surface area contributed by atoms with Gasteiger partial charge >= 0.3 is 0 Å². The molecule has 1 saturated heterocycles. The Hall–Kier alpha value is -1.51. The van der Waals surface area contributed by atoms with Crippen LogP contribution in [0.4, 0.5) is 0 Å². The summed E-state index contributed by atoms with van der Waals surface area (Å²) in [6, 6.07) is 7.01. The van der Waals surface area contributed by atoms with Crippen LogP contribution >= 0.6 is 15.9 Å². The molecular weight excluding hydrogens is 394 g/mol. The smallest absolute Gasteiger partial charge is 0.267 e. The van der Waals surface area contributed by atoms with Crippen LogP contribution in [0.25, 0.3) is 0 Å². The number of rotatable bonds is 3. The summed E-state index contributed by atoms with van der Waals surface area (Å²) in [5.74, 6) is -0.356. The topological polar surface area (TPSA) is 72.3 Å². The lowest BCUT2D eigenvalue weighted by atomic mass is 10.2. The Balaban J connectivity index is 2.07. The number of hydrogen-bond acceptors (Lipinski definition) is 4. The molecule has 1 fully saturated rings. The quantitative estimate of drug-likeness (QED) is 0.777. The number of aryl methyl sites for hydroxylation is 1. The fourth-order valence-electron chi connectivity index (χ4n) is 3.01. The molecule has 1 aromatic heterocycles. The van der Waals surface area contributed by atoms with Gasteiger partial charge in [-0.1, -0.05) is 12.1 Å². The van der Waals surface area contributed by atoms with E-state index in [1.54, 1.807) is 32.0 Å². The minimum atomic E-state index is -3.62. The highest BCUT2D eigenvalue weighted by molar-refractivity contribution is 9.10. The molecule has 0 unspecified atom stereocenters. The van der Waals surface area contributed by atoms with Crippen LogP contribution in [-0.4, -0.2) is 41.5 Å². The zero-order valence-electron chi connectivity index (χ0n) is 13.5. The molecule has 24 heavy (non-hydrogen) atoms. The molecule has 0 aliphatic carbocycles. The van der Waals surface area contributed by atoms with Crippen LogP contribution in [0.5, 0.6) is 0 Å². The summed E-state index contributed by atoms with van der Waals surface area (Å²) < 4.78 is 29.0. The van der Waals surface area contributed by atoms with Gasteiger partial charge in [0, 0.05) is 17.6 Å². The molecule has 0 amide bonds. The summed E-state index contributed by atoms with van der Waals surface area (Å²) in [5, 5.41) is 4.21. The fraction of sp³-hybridized carbons (Fsp3) is 0.375. The fourth-order valence-corrected chi connectivity index (χ4v) is 5.33. The van der Waals surface area contributed by atoms with Crippen LogP contribution in [0.2, 0.25) is 0 Å². The zero-order chi connectivity index (χ0) is 17.5. The molecule has 2 aromatic rings. The van der Waals surface area contributed by atoms with Gasteiger partial charge in [0.25, 0.3) is 5.91 Å². The van der Waals surface area contributed by atoms with Crippen LogP contribution in [0.1, 0.15) is 34.6 Å². The van der Waals surface area contributed by atoms with E-state index in [9.17, 15) is 13.2 Å². The van der Waals surface area contributed by atoms with Gasteiger partial charge in [0.15, 0.2) is 0 Å². The number of carbonyl (C=O) groups excluding carboxylic acids is 1. The third kappa shape index (κ3) is 2.82. The van der Waals surface area contributed by atoms with Crippen molar-refractivity contribution in [2.24, 2.45) is 0 Å². The van der Waals surface area contributed by atoms with Crippen molar-refractivity contribution in [1.29, 1.82) is 0 Å². The highest BCUT2D eigenvalue weighted by atomic mass is 79.9. The molecule has 0 atom stereocenters. The van der Waals surface area contributed by atoms with Crippen molar-refractivity contribution in [3.63, 3.8) is 0 Å². The van der Waals surface area contributed by atoms with Gasteiger partial charge in [0.1, 0.15) is 4.90 Å². The van der Waals surface area contributed by atoms with E-state index in [1.807, 2.05) is 6.07 Å². The molecule has 1 aromatic carbocycles. The van der Waals surface area contributed by atoms with Crippen molar-refractivity contribution in [1.82, 2.24) is 14.1 Å². The van der Waals surface area contributed by atoms with Crippen molar-refractivity contribution in [2.75, 3.05) is 13.1 Å². The van der Waals surface area contributed by atoms with Crippen LogP contribution in [-0.2, 0) is 10.0 Å². The monoisotopic (exact) mass is 411 g/mol. The first kappa shape index (κ1) is 17.3. The molecule has 0 bridgehead atoms. The van der Waals surface area contributed by atoms with Crippen molar-refractivity contribution < 1.29 is 13.2 Å². The molecule has 0 radical (unpaired) electrons. The average molecular weight is 412 g/mol. The first-order valence-corrected chi connectivity index (χ1v) is 9.93. The van der Waals surface area contributed by atoms with Gasteiger partial charge in [-0.3, -0.25) is 4.79 Å². The minimum absolute atomic E-state index is 0.143. The van der Waals surface area contributed by atoms with E-state index in [-0.39, 0.29) is 10.8 Å². The number of aromatic nitrogens is 2. The zero-order valence-corrected chi connectivity index (χ0v) is 15.9. The van der Waals surface area contributed by atoms with Gasteiger partial charge in [-0.2, -0.15) is 14.1 Å². The lowest BCUT2D eigenvalue weighted by Gasteiger charge is -2.15. The van der Waals surface area contributed by atoms with Gasteiger partial charge in [-0.05, 0) is 54.8 Å². The van der Waals surface area contributed by atoms with Crippen molar-refractivity contribution in [3.05, 3.63) is 45.7 Å². The molecule has 1 aliphatic rings. The normalized spacial score (nSPS) is 15.8. The Morgan fingerprint density at radius 2 is 1.79 bits per heavy atom. The van der Waals surface area contributed by atoms with E-state index in [0.29, 0.717) is 34.5 Å². The summed E-state index contributed by atoms with van der Waals surface area (Å²) in [7, 11) is -3.62. The molecule has 0 N–H and O–H groups in total. The van der Waals surface area contributed by atoms with Gasteiger partial charge in [0.05, 0.1) is 17.0 Å². The van der Waals surface area contributed by atoms with Crippen LogP contribution in [0.3, 0.4) is 0 Å². The van der Waals surface area contributed by atoms with Gasteiger partial charge in [-0.25, -0.2) is 8.42 Å². The number of sulfonamides is 1. The maximum absolute atomic E-state index is 12.9. The molecule has 1 aliphatic heterocycles. The second-order valence-corrected chi connectivity index (χ2v) is 8.54. The number of nitrogens with zero attached hydrogens (tertiary/aromatic N) is 3. The Labute approximate surface area is 149 Å². The number of halogens is 1. The highest BCUT2D eigenvalue weighted by Crippen LogP contribution is 2.27. The summed E-state index contributed by atoms with van der Waals surface area (Å²) >= 11 is 3.35. The summed E-state index contributed by atoms with van der Waals surface area (Å²) in [4.78, 5) is 12.9. The average Bonchev–Trinajstić information content (AvgIpc) is 3.16. The largest absolute Gasteiger partial charge is 0.279 e. The van der Waals surface area contributed by atoms with Crippen molar-refractivity contribution in [3.8, 4) is 0 Å². The van der Waals surface area contributed by atoms with Gasteiger partial charge in [0.2, 0.25) is 10.0 Å². The molecule has 6 nitrogen and oxygen atoms in total. The van der Waals surface area contributed by atoms with Crippen LogP contribution < -0.4 is 0 Å². The minimum Gasteiger partial charge on any atom is -0.267 e. The molecular formula is C16H18BrN3O3S. The number of carbonyl (C=O) groups is 1. The first-order chi connectivity index (χ1) is 11.3. The van der Waals surface area contributed by atoms with Gasteiger partial charge in [-0.15, -0.1) is 0 Å². The maximum Gasteiger partial charge on any atom is 0.279 e. The lowest BCUT2D eigenvalue weighted by molar-refractivity contribution is 0.0941.